The number of hydrogen-bond acceptors (Lipinski definition) is 4. The van der Waals surface area contributed by atoms with Crippen molar-refractivity contribution in [3.63, 3.8) is 0 Å². The Hall–Kier alpha value is -3.42. The molecule has 0 spiro atoms. The van der Waals surface area contributed by atoms with E-state index >= 15 is 0 Å². The van der Waals surface area contributed by atoms with Gasteiger partial charge in [-0.1, -0.05) is 103 Å². The molecule has 4 aromatic rings. The summed E-state index contributed by atoms with van der Waals surface area (Å²) < 4.78 is 29.6. The zero-order valence-electron chi connectivity index (χ0n) is 23.3. The topological polar surface area (TPSA) is 52.7 Å². The lowest BCUT2D eigenvalue weighted by Gasteiger charge is -2.40. The Kier molecular flexibility index (Phi) is 7.40. The Labute approximate surface area is 253 Å². The van der Waals surface area contributed by atoms with E-state index in [1.54, 1.807) is 10.4 Å². The molecule has 42 heavy (non-hydrogen) atoms. The predicted molar refractivity (Wildman–Crippen MR) is 169 cm³/mol. The van der Waals surface area contributed by atoms with Gasteiger partial charge in [-0.15, -0.1) is 0 Å². The number of anilines is 1. The molecule has 1 aliphatic carbocycles. The number of fused-ring (bicyclic) bond motifs is 3. The van der Waals surface area contributed by atoms with Crippen molar-refractivity contribution in [2.75, 3.05) is 31.5 Å². The second-order valence-electron chi connectivity index (χ2n) is 11.4. The minimum absolute atomic E-state index is 0.0731. The van der Waals surface area contributed by atoms with E-state index < -0.39 is 10.0 Å². The van der Waals surface area contributed by atoms with Gasteiger partial charge in [0.15, 0.2) is 0 Å². The molecule has 0 bridgehead atoms. The highest BCUT2D eigenvalue weighted by atomic mass is 35.5. The van der Waals surface area contributed by atoms with E-state index in [1.165, 1.54) is 11.1 Å². The lowest BCUT2D eigenvalue weighted by atomic mass is 9.77. The molecule has 4 aromatic carbocycles. The Morgan fingerprint density at radius 3 is 2.07 bits per heavy atom. The molecule has 5 nitrogen and oxygen atoms in total. The quantitative estimate of drug-likeness (QED) is 0.238. The van der Waals surface area contributed by atoms with Crippen LogP contribution in [-0.2, 0) is 10.0 Å². The van der Waals surface area contributed by atoms with Crippen LogP contribution in [0.25, 0.3) is 0 Å². The maximum atomic E-state index is 14.0. The van der Waals surface area contributed by atoms with Crippen LogP contribution in [0, 0.1) is 5.92 Å². The van der Waals surface area contributed by atoms with Gasteiger partial charge in [0.1, 0.15) is 0 Å². The lowest BCUT2D eigenvalue weighted by Crippen LogP contribution is -2.49. The van der Waals surface area contributed by atoms with Gasteiger partial charge in [-0.2, -0.15) is 4.31 Å². The molecule has 2 aliphatic heterocycles. The first kappa shape index (κ1) is 27.4. The largest absolute Gasteiger partial charge is 0.378 e. The SMILES string of the molecule is O=S(=O)(c1ccc2c(c1)C1C=CCC1C(c1ccccc1Cl)N2)N1CCN(C(c2ccccc2)c2ccccc2)CC1. The van der Waals surface area contributed by atoms with Gasteiger partial charge in [0.05, 0.1) is 17.0 Å². The van der Waals surface area contributed by atoms with E-state index in [2.05, 4.69) is 77.0 Å². The molecule has 0 saturated carbocycles. The number of sulfonamides is 1. The summed E-state index contributed by atoms with van der Waals surface area (Å²) in [6, 6.07) is 34.7. The Morgan fingerprint density at radius 1 is 0.762 bits per heavy atom. The third-order valence-corrected chi connectivity index (χ3v) is 11.3. The van der Waals surface area contributed by atoms with E-state index in [0.29, 0.717) is 31.1 Å². The average Bonchev–Trinajstić information content (AvgIpc) is 3.53. The molecule has 3 aliphatic rings. The van der Waals surface area contributed by atoms with E-state index in [1.807, 2.05) is 42.5 Å². The number of nitrogens with one attached hydrogen (secondary N) is 1. The van der Waals surface area contributed by atoms with Gasteiger partial charge in [0.25, 0.3) is 0 Å². The summed E-state index contributed by atoms with van der Waals surface area (Å²) in [7, 11) is -3.64. The first-order chi connectivity index (χ1) is 20.5. The zero-order chi connectivity index (χ0) is 28.7. The van der Waals surface area contributed by atoms with Gasteiger partial charge < -0.3 is 5.32 Å². The number of nitrogens with zero attached hydrogens (tertiary/aromatic N) is 2. The molecule has 1 saturated heterocycles. The summed E-state index contributed by atoms with van der Waals surface area (Å²) in [6.45, 7) is 2.23. The highest BCUT2D eigenvalue weighted by molar-refractivity contribution is 7.89. The Bertz CT molecular complexity index is 1660. The van der Waals surface area contributed by atoms with Crippen molar-refractivity contribution in [3.8, 4) is 0 Å². The molecule has 7 heteroatoms. The average molecular weight is 596 g/mol. The normalized spacial score (nSPS) is 22.5. The van der Waals surface area contributed by atoms with Crippen LogP contribution in [0.3, 0.4) is 0 Å². The molecule has 0 radical (unpaired) electrons. The van der Waals surface area contributed by atoms with Crippen LogP contribution >= 0.6 is 11.6 Å². The van der Waals surface area contributed by atoms with Crippen LogP contribution < -0.4 is 5.32 Å². The lowest BCUT2D eigenvalue weighted by molar-refractivity contribution is 0.156. The number of hydrogen-bond donors (Lipinski definition) is 1. The van der Waals surface area contributed by atoms with Gasteiger partial charge >= 0.3 is 0 Å². The van der Waals surface area contributed by atoms with Crippen molar-refractivity contribution in [3.05, 3.63) is 143 Å². The van der Waals surface area contributed by atoms with Gasteiger partial charge in [0.2, 0.25) is 10.0 Å². The van der Waals surface area contributed by atoms with Gasteiger partial charge in [-0.25, -0.2) is 8.42 Å². The molecule has 0 amide bonds. The van der Waals surface area contributed by atoms with Crippen molar-refractivity contribution in [2.24, 2.45) is 5.92 Å². The molecular formula is C35H34ClN3O2S. The molecule has 0 aromatic heterocycles. The van der Waals surface area contributed by atoms with Crippen molar-refractivity contribution in [1.29, 1.82) is 0 Å². The summed E-state index contributed by atoms with van der Waals surface area (Å²) >= 11 is 6.60. The van der Waals surface area contributed by atoms with Gasteiger partial charge in [0, 0.05) is 42.8 Å². The number of halogens is 1. The smallest absolute Gasteiger partial charge is 0.243 e. The third-order valence-electron chi connectivity index (χ3n) is 9.08. The highest BCUT2D eigenvalue weighted by Crippen LogP contribution is 2.51. The Morgan fingerprint density at radius 2 is 1.40 bits per heavy atom. The second kappa shape index (κ2) is 11.3. The summed E-state index contributed by atoms with van der Waals surface area (Å²) in [4.78, 5) is 2.77. The van der Waals surface area contributed by atoms with Crippen molar-refractivity contribution in [1.82, 2.24) is 9.21 Å². The Balaban J connectivity index is 1.12. The van der Waals surface area contributed by atoms with E-state index in [-0.39, 0.29) is 23.9 Å². The highest BCUT2D eigenvalue weighted by Gasteiger charge is 2.40. The van der Waals surface area contributed by atoms with E-state index in [9.17, 15) is 8.42 Å². The minimum atomic E-state index is -3.64. The predicted octanol–water partition coefficient (Wildman–Crippen LogP) is 7.26. The summed E-state index contributed by atoms with van der Waals surface area (Å²) in [6.07, 6.45) is 5.37. The van der Waals surface area contributed by atoms with Crippen molar-refractivity contribution < 1.29 is 8.42 Å². The maximum Gasteiger partial charge on any atom is 0.243 e. The van der Waals surface area contributed by atoms with Crippen molar-refractivity contribution >= 4 is 27.3 Å². The second-order valence-corrected chi connectivity index (χ2v) is 13.8. The molecule has 1 N–H and O–H groups in total. The number of allylic oxidation sites excluding steroid dienone is 2. The molecule has 214 valence electrons. The number of benzene rings is 4. The number of piperazine rings is 1. The van der Waals surface area contributed by atoms with E-state index in [0.717, 1.165) is 28.3 Å². The first-order valence-corrected chi connectivity index (χ1v) is 16.5. The summed E-state index contributed by atoms with van der Waals surface area (Å²) in [5, 5.41) is 4.45. The maximum absolute atomic E-state index is 14.0. The molecule has 3 atom stereocenters. The van der Waals surface area contributed by atoms with Crippen LogP contribution in [0.5, 0.6) is 0 Å². The van der Waals surface area contributed by atoms with Crippen LogP contribution in [0.15, 0.2) is 120 Å². The monoisotopic (exact) mass is 595 g/mol. The van der Waals surface area contributed by atoms with Crippen LogP contribution in [0.1, 0.15) is 46.7 Å². The minimum Gasteiger partial charge on any atom is -0.378 e. The van der Waals surface area contributed by atoms with Crippen molar-refractivity contribution in [2.45, 2.75) is 29.3 Å². The fraction of sp³-hybridized carbons (Fsp3) is 0.257. The van der Waals surface area contributed by atoms with Gasteiger partial charge in [-0.05, 0) is 58.9 Å². The standard InChI is InChI=1S/C35H34ClN3O2S/c36-32-17-8-7-14-30(32)34-29-16-9-15-28(29)31-24-27(18-19-33(31)37-34)42(40,41)39-22-20-38(21-23-39)35(25-10-3-1-4-11-25)26-12-5-2-6-13-26/h1-15,17-19,24,28-29,34-35,37H,16,20-23H2. The molecule has 3 unspecified atom stereocenters. The molecule has 2 heterocycles. The van der Waals surface area contributed by atoms with E-state index in [4.69, 9.17) is 11.6 Å². The molecular weight excluding hydrogens is 562 g/mol. The summed E-state index contributed by atoms with van der Waals surface area (Å²) in [5.74, 6) is 0.429. The summed E-state index contributed by atoms with van der Waals surface area (Å²) in [5.41, 5.74) is 5.55. The zero-order valence-corrected chi connectivity index (χ0v) is 24.9. The first-order valence-electron chi connectivity index (χ1n) is 14.7. The van der Waals surface area contributed by atoms with Crippen LogP contribution in [0.4, 0.5) is 5.69 Å². The van der Waals surface area contributed by atoms with Gasteiger partial charge in [-0.3, -0.25) is 4.90 Å². The fourth-order valence-electron chi connectivity index (χ4n) is 7.00. The molecule has 1 fully saturated rings. The van der Waals surface area contributed by atoms with Crippen LogP contribution in [0.2, 0.25) is 5.02 Å². The molecule has 7 rings (SSSR count). The fourth-order valence-corrected chi connectivity index (χ4v) is 8.72. The number of rotatable bonds is 6. The van der Waals surface area contributed by atoms with Crippen LogP contribution in [-0.4, -0.2) is 43.8 Å². The third kappa shape index (κ3) is 4.96.